The van der Waals surface area contributed by atoms with E-state index in [1.165, 1.54) is 62.8 Å². The molecule has 0 spiro atoms. The van der Waals surface area contributed by atoms with Gasteiger partial charge in [-0.25, -0.2) is 12.8 Å². The minimum Gasteiger partial charge on any atom is -0.497 e. The average Bonchev–Trinajstić information content (AvgIpc) is 2.83. The standard InChI is InChI=1S/C24H25FN2O6S/c1-4-21(33-22-8-6-5-7-19(22)25)24(28)26-16-9-12-18(13-10-16)34(29,30)27-20-15-17(31-2)11-14-23(20)32-3/h5-15,21,27H,4H2,1-3H3,(H,26,28)/t21-/m1/s1. The van der Waals surface area contributed by atoms with Gasteiger partial charge in [-0.2, -0.15) is 0 Å². The van der Waals surface area contributed by atoms with Crippen LogP contribution in [0.15, 0.2) is 71.6 Å². The normalized spacial score (nSPS) is 11.9. The monoisotopic (exact) mass is 488 g/mol. The summed E-state index contributed by atoms with van der Waals surface area (Å²) in [6, 6.07) is 16.2. The smallest absolute Gasteiger partial charge is 0.265 e. The molecule has 0 fully saturated rings. The Bertz CT molecular complexity index is 1250. The van der Waals surface area contributed by atoms with E-state index in [2.05, 4.69) is 10.0 Å². The summed E-state index contributed by atoms with van der Waals surface area (Å²) in [5.41, 5.74) is 0.578. The molecule has 0 aromatic heterocycles. The van der Waals surface area contributed by atoms with Crippen molar-refractivity contribution in [1.82, 2.24) is 0 Å². The molecule has 0 bridgehead atoms. The molecule has 0 aliphatic carbocycles. The summed E-state index contributed by atoms with van der Waals surface area (Å²) in [6.07, 6.45) is -0.624. The van der Waals surface area contributed by atoms with Gasteiger partial charge in [0.25, 0.3) is 15.9 Å². The maximum Gasteiger partial charge on any atom is 0.265 e. The van der Waals surface area contributed by atoms with E-state index >= 15 is 0 Å². The number of sulfonamides is 1. The van der Waals surface area contributed by atoms with Gasteiger partial charge in [-0.3, -0.25) is 9.52 Å². The lowest BCUT2D eigenvalue weighted by Crippen LogP contribution is -2.32. The zero-order chi connectivity index (χ0) is 24.7. The van der Waals surface area contributed by atoms with Crippen LogP contribution in [-0.2, 0) is 14.8 Å². The number of hydrogen-bond donors (Lipinski definition) is 2. The van der Waals surface area contributed by atoms with Crippen molar-refractivity contribution in [2.75, 3.05) is 24.3 Å². The molecule has 0 heterocycles. The highest BCUT2D eigenvalue weighted by molar-refractivity contribution is 7.92. The first kappa shape index (κ1) is 24.8. The third-order valence-electron chi connectivity index (χ3n) is 4.85. The van der Waals surface area contributed by atoms with Gasteiger partial charge in [-0.15, -0.1) is 0 Å². The molecule has 3 aromatic rings. The molecule has 3 rings (SSSR count). The molecule has 0 radical (unpaired) electrons. The fourth-order valence-electron chi connectivity index (χ4n) is 3.05. The van der Waals surface area contributed by atoms with Gasteiger partial charge in [-0.05, 0) is 55.0 Å². The Labute approximate surface area is 197 Å². The van der Waals surface area contributed by atoms with Crippen LogP contribution < -0.4 is 24.2 Å². The summed E-state index contributed by atoms with van der Waals surface area (Å²) < 4.78 is 57.8. The van der Waals surface area contributed by atoms with Crippen LogP contribution in [0.4, 0.5) is 15.8 Å². The van der Waals surface area contributed by atoms with Crippen molar-refractivity contribution in [1.29, 1.82) is 0 Å². The molecule has 0 unspecified atom stereocenters. The summed E-state index contributed by atoms with van der Waals surface area (Å²) in [7, 11) is -1.05. The van der Waals surface area contributed by atoms with Crippen molar-refractivity contribution >= 4 is 27.3 Å². The minimum absolute atomic E-state index is 0.0231. The Morgan fingerprint density at radius 3 is 2.29 bits per heavy atom. The van der Waals surface area contributed by atoms with Crippen molar-refractivity contribution in [3.8, 4) is 17.2 Å². The summed E-state index contributed by atoms with van der Waals surface area (Å²) in [6.45, 7) is 1.74. The van der Waals surface area contributed by atoms with E-state index in [0.717, 1.165) is 0 Å². The molecule has 0 aliphatic heterocycles. The summed E-state index contributed by atoms with van der Waals surface area (Å²) in [5.74, 6) is -0.289. The van der Waals surface area contributed by atoms with Gasteiger partial charge in [0.05, 0.1) is 24.8 Å². The Hall–Kier alpha value is -3.79. The van der Waals surface area contributed by atoms with Gasteiger partial charge in [0.15, 0.2) is 17.7 Å². The number of anilines is 2. The van der Waals surface area contributed by atoms with Crippen LogP contribution in [0.2, 0.25) is 0 Å². The van der Waals surface area contributed by atoms with E-state index in [0.29, 0.717) is 23.6 Å². The second kappa shape index (κ2) is 10.9. The number of benzene rings is 3. The topological polar surface area (TPSA) is 103 Å². The number of nitrogens with one attached hydrogen (secondary N) is 2. The third kappa shape index (κ3) is 5.96. The fourth-order valence-corrected chi connectivity index (χ4v) is 4.11. The Morgan fingerprint density at radius 2 is 1.68 bits per heavy atom. The first-order valence-electron chi connectivity index (χ1n) is 10.3. The molecule has 0 saturated carbocycles. The predicted octanol–water partition coefficient (Wildman–Crippen LogP) is 4.44. The lowest BCUT2D eigenvalue weighted by molar-refractivity contribution is -0.122. The zero-order valence-corrected chi connectivity index (χ0v) is 19.7. The van der Waals surface area contributed by atoms with Crippen molar-refractivity contribution in [2.24, 2.45) is 0 Å². The van der Waals surface area contributed by atoms with Gasteiger partial charge >= 0.3 is 0 Å². The Balaban J connectivity index is 1.71. The molecule has 0 saturated heterocycles. The maximum atomic E-state index is 13.8. The Morgan fingerprint density at radius 1 is 0.971 bits per heavy atom. The molecule has 1 amide bonds. The number of amides is 1. The van der Waals surface area contributed by atoms with E-state index in [1.807, 2.05) is 0 Å². The quantitative estimate of drug-likeness (QED) is 0.437. The van der Waals surface area contributed by atoms with Crippen molar-refractivity contribution in [3.05, 3.63) is 72.5 Å². The van der Waals surface area contributed by atoms with Crippen LogP contribution in [0, 0.1) is 5.82 Å². The Kier molecular flexibility index (Phi) is 7.95. The van der Waals surface area contributed by atoms with Crippen LogP contribution in [-0.4, -0.2) is 34.6 Å². The van der Waals surface area contributed by atoms with E-state index in [9.17, 15) is 17.6 Å². The number of carbonyl (C=O) groups is 1. The van der Waals surface area contributed by atoms with Crippen molar-refractivity contribution < 1.29 is 31.8 Å². The van der Waals surface area contributed by atoms with E-state index < -0.39 is 27.9 Å². The highest BCUT2D eigenvalue weighted by Crippen LogP contribution is 2.31. The molecule has 10 heteroatoms. The van der Waals surface area contributed by atoms with Gasteiger partial charge in [0.1, 0.15) is 11.5 Å². The number of carbonyl (C=O) groups excluding carboxylic acids is 1. The van der Waals surface area contributed by atoms with Crippen molar-refractivity contribution in [3.63, 3.8) is 0 Å². The lowest BCUT2D eigenvalue weighted by Gasteiger charge is -2.18. The summed E-state index contributed by atoms with van der Waals surface area (Å²) in [4.78, 5) is 12.6. The molecule has 1 atom stereocenters. The van der Waals surface area contributed by atoms with Gasteiger partial charge in [-0.1, -0.05) is 19.1 Å². The number of hydrogen-bond acceptors (Lipinski definition) is 6. The maximum absolute atomic E-state index is 13.8. The molecule has 8 nitrogen and oxygen atoms in total. The highest BCUT2D eigenvalue weighted by Gasteiger charge is 2.21. The highest BCUT2D eigenvalue weighted by atomic mass is 32.2. The largest absolute Gasteiger partial charge is 0.497 e. The van der Waals surface area contributed by atoms with Crippen LogP contribution in [0.3, 0.4) is 0 Å². The summed E-state index contributed by atoms with van der Waals surface area (Å²) >= 11 is 0. The first-order chi connectivity index (χ1) is 16.3. The van der Waals surface area contributed by atoms with Crippen molar-refractivity contribution in [2.45, 2.75) is 24.3 Å². The molecule has 3 aromatic carbocycles. The molecular weight excluding hydrogens is 463 g/mol. The first-order valence-corrected chi connectivity index (χ1v) is 11.8. The van der Waals surface area contributed by atoms with Gasteiger partial charge in [0.2, 0.25) is 0 Å². The SMILES string of the molecule is CC[C@@H](Oc1ccccc1F)C(=O)Nc1ccc(S(=O)(=O)Nc2cc(OC)ccc2OC)cc1. The van der Waals surface area contributed by atoms with Crippen LogP contribution >= 0.6 is 0 Å². The second-order valence-electron chi connectivity index (χ2n) is 7.13. The number of rotatable bonds is 10. The second-order valence-corrected chi connectivity index (χ2v) is 8.81. The molecule has 180 valence electrons. The number of para-hydroxylation sites is 1. The van der Waals surface area contributed by atoms with Gasteiger partial charge < -0.3 is 19.5 Å². The predicted molar refractivity (Wildman–Crippen MR) is 127 cm³/mol. The number of halogens is 1. The number of ether oxygens (including phenoxy) is 3. The third-order valence-corrected chi connectivity index (χ3v) is 6.23. The molecule has 34 heavy (non-hydrogen) atoms. The molecule has 0 aliphatic rings. The van der Waals surface area contributed by atoms with Gasteiger partial charge in [0, 0.05) is 11.8 Å². The summed E-state index contributed by atoms with van der Waals surface area (Å²) in [5, 5.41) is 2.66. The fraction of sp³-hybridized carbons (Fsp3) is 0.208. The molecular formula is C24H25FN2O6S. The van der Waals surface area contributed by atoms with E-state index in [-0.39, 0.29) is 16.3 Å². The lowest BCUT2D eigenvalue weighted by atomic mass is 10.2. The van der Waals surface area contributed by atoms with E-state index in [1.54, 1.807) is 25.1 Å². The van der Waals surface area contributed by atoms with Crippen LogP contribution in [0.25, 0.3) is 0 Å². The zero-order valence-electron chi connectivity index (χ0n) is 18.9. The average molecular weight is 489 g/mol. The van der Waals surface area contributed by atoms with Crippen LogP contribution in [0.5, 0.6) is 17.2 Å². The minimum atomic E-state index is -3.95. The van der Waals surface area contributed by atoms with E-state index in [4.69, 9.17) is 14.2 Å². The van der Waals surface area contributed by atoms with Crippen LogP contribution in [0.1, 0.15) is 13.3 Å². The molecule has 2 N–H and O–H groups in total. The number of methoxy groups -OCH3 is 2.